The fraction of sp³-hybridized carbons (Fsp3) is 0.500. The molecular weight excluding hydrogens is 142 g/mol. The van der Waals surface area contributed by atoms with Gasteiger partial charge in [0.25, 0.3) is 0 Å². The van der Waals surface area contributed by atoms with Crippen molar-refractivity contribution in [3.8, 4) is 0 Å². The number of hydrogen-bond acceptors (Lipinski definition) is 4. The Kier molecular flexibility index (Phi) is 3.20. The van der Waals surface area contributed by atoms with E-state index in [4.69, 9.17) is 10.2 Å². The molecule has 0 aromatic rings. The van der Waals surface area contributed by atoms with Crippen LogP contribution in [0.5, 0.6) is 0 Å². The number of alkyl carbamates (subject to hydrolysis) is 1. The summed E-state index contributed by atoms with van der Waals surface area (Å²) in [7, 11) is 1.06. The van der Waals surface area contributed by atoms with E-state index in [0.29, 0.717) is 0 Å². The second-order valence-corrected chi connectivity index (χ2v) is 1.38. The Labute approximate surface area is 56.4 Å². The van der Waals surface area contributed by atoms with Gasteiger partial charge in [0.15, 0.2) is 0 Å². The van der Waals surface area contributed by atoms with Gasteiger partial charge in [0.2, 0.25) is 6.23 Å². The molecule has 0 aliphatic carbocycles. The van der Waals surface area contributed by atoms with Crippen LogP contribution in [0.25, 0.3) is 0 Å². The number of carbonyl (C=O) groups is 2. The first-order valence-corrected chi connectivity index (χ1v) is 2.33. The molecule has 0 aromatic heterocycles. The average molecular weight is 149 g/mol. The maximum Gasteiger partial charge on any atom is 0.409 e. The van der Waals surface area contributed by atoms with Crippen LogP contribution in [-0.2, 0) is 9.53 Å². The summed E-state index contributed by atoms with van der Waals surface area (Å²) in [6.07, 6.45) is -2.90. The van der Waals surface area contributed by atoms with Crippen molar-refractivity contribution in [3.05, 3.63) is 0 Å². The molecule has 0 fully saturated rings. The summed E-state index contributed by atoms with van der Waals surface area (Å²) in [4.78, 5) is 20.0. The molecular formula is C4H7NO5. The van der Waals surface area contributed by atoms with Crippen molar-refractivity contribution < 1.29 is 24.5 Å². The molecule has 3 N–H and O–H groups in total. The van der Waals surface area contributed by atoms with Crippen LogP contribution in [0.4, 0.5) is 4.79 Å². The molecule has 0 rings (SSSR count). The third kappa shape index (κ3) is 2.88. The highest BCUT2D eigenvalue weighted by Gasteiger charge is 2.15. The van der Waals surface area contributed by atoms with E-state index in [2.05, 4.69) is 4.74 Å². The number of carboxylic acids is 1. The number of aliphatic hydroxyl groups is 1. The first kappa shape index (κ1) is 8.70. The highest BCUT2D eigenvalue weighted by Crippen LogP contribution is 1.78. The van der Waals surface area contributed by atoms with E-state index in [1.807, 2.05) is 0 Å². The molecule has 0 saturated heterocycles. The van der Waals surface area contributed by atoms with Gasteiger partial charge in [0, 0.05) is 0 Å². The van der Waals surface area contributed by atoms with E-state index in [-0.39, 0.29) is 0 Å². The number of aliphatic carboxylic acids is 1. The van der Waals surface area contributed by atoms with E-state index in [1.165, 1.54) is 0 Å². The zero-order valence-corrected chi connectivity index (χ0v) is 5.20. The predicted molar refractivity (Wildman–Crippen MR) is 29.2 cm³/mol. The summed E-state index contributed by atoms with van der Waals surface area (Å²) in [5.41, 5.74) is 0. The summed E-state index contributed by atoms with van der Waals surface area (Å²) >= 11 is 0. The number of ether oxygens (including phenoxy) is 1. The lowest BCUT2D eigenvalue weighted by Crippen LogP contribution is -2.40. The summed E-state index contributed by atoms with van der Waals surface area (Å²) in [6.45, 7) is 0. The highest BCUT2D eigenvalue weighted by molar-refractivity contribution is 5.78. The Morgan fingerprint density at radius 1 is 1.60 bits per heavy atom. The van der Waals surface area contributed by atoms with Gasteiger partial charge in [-0.05, 0) is 0 Å². The lowest BCUT2D eigenvalue weighted by molar-refractivity contribution is -0.147. The van der Waals surface area contributed by atoms with Crippen molar-refractivity contribution in [2.75, 3.05) is 7.11 Å². The van der Waals surface area contributed by atoms with Crippen molar-refractivity contribution in [1.82, 2.24) is 5.32 Å². The molecule has 0 bridgehead atoms. The monoisotopic (exact) mass is 149 g/mol. The van der Waals surface area contributed by atoms with Crippen molar-refractivity contribution in [2.24, 2.45) is 0 Å². The van der Waals surface area contributed by atoms with Gasteiger partial charge >= 0.3 is 12.1 Å². The van der Waals surface area contributed by atoms with Crippen molar-refractivity contribution in [1.29, 1.82) is 0 Å². The highest BCUT2D eigenvalue weighted by atomic mass is 16.5. The Morgan fingerprint density at radius 3 is 2.40 bits per heavy atom. The maximum absolute atomic E-state index is 10.2. The number of aliphatic hydroxyl groups excluding tert-OH is 1. The van der Waals surface area contributed by atoms with Gasteiger partial charge in [-0.1, -0.05) is 0 Å². The molecule has 0 aromatic carbocycles. The minimum absolute atomic E-state index is 0.991. The van der Waals surface area contributed by atoms with E-state index in [1.54, 1.807) is 5.32 Å². The Hall–Kier alpha value is -1.30. The zero-order valence-electron chi connectivity index (χ0n) is 5.20. The first-order valence-electron chi connectivity index (χ1n) is 2.33. The second-order valence-electron chi connectivity index (χ2n) is 1.38. The van der Waals surface area contributed by atoms with Crippen LogP contribution in [0.2, 0.25) is 0 Å². The SMILES string of the molecule is COC(=O)NC(O)C(=O)O. The molecule has 1 amide bonds. The number of hydrogen-bond donors (Lipinski definition) is 3. The summed E-state index contributed by atoms with van der Waals surface area (Å²) in [5, 5.41) is 18.0. The maximum atomic E-state index is 10.2. The molecule has 0 saturated carbocycles. The standard InChI is InChI=1S/C4H7NO5/c1-10-4(9)5-2(6)3(7)8/h2,6H,1H3,(H,5,9)(H,7,8). The number of carbonyl (C=O) groups excluding carboxylic acids is 1. The molecule has 0 spiro atoms. The summed E-state index contributed by atoms with van der Waals surface area (Å²) < 4.78 is 4.00. The third-order valence-corrected chi connectivity index (χ3v) is 0.674. The average Bonchev–Trinajstić information content (AvgIpc) is 1.87. The lowest BCUT2D eigenvalue weighted by Gasteiger charge is -2.05. The number of carboxylic acid groups (broad SMARTS) is 1. The van der Waals surface area contributed by atoms with Crippen LogP contribution in [0.15, 0.2) is 0 Å². The van der Waals surface area contributed by atoms with Gasteiger partial charge in [-0.25, -0.2) is 9.59 Å². The molecule has 10 heavy (non-hydrogen) atoms. The number of nitrogens with one attached hydrogen (secondary N) is 1. The normalized spacial score (nSPS) is 11.8. The fourth-order valence-corrected chi connectivity index (χ4v) is 0.232. The van der Waals surface area contributed by atoms with E-state index < -0.39 is 18.3 Å². The molecule has 6 heteroatoms. The van der Waals surface area contributed by atoms with Crippen molar-refractivity contribution in [3.63, 3.8) is 0 Å². The molecule has 1 atom stereocenters. The van der Waals surface area contributed by atoms with E-state index in [9.17, 15) is 9.59 Å². The van der Waals surface area contributed by atoms with Crippen LogP contribution in [0.1, 0.15) is 0 Å². The van der Waals surface area contributed by atoms with Crippen molar-refractivity contribution >= 4 is 12.1 Å². The predicted octanol–water partition coefficient (Wildman–Crippen LogP) is -1.25. The molecule has 0 aliphatic rings. The van der Waals surface area contributed by atoms with Crippen LogP contribution >= 0.6 is 0 Å². The summed E-state index contributed by atoms with van der Waals surface area (Å²) in [5.74, 6) is -1.54. The molecule has 6 nitrogen and oxygen atoms in total. The number of methoxy groups -OCH3 is 1. The first-order chi connectivity index (χ1) is 4.57. The minimum Gasteiger partial charge on any atom is -0.478 e. The van der Waals surface area contributed by atoms with Gasteiger partial charge in [-0.2, -0.15) is 0 Å². The largest absolute Gasteiger partial charge is 0.478 e. The fourth-order valence-electron chi connectivity index (χ4n) is 0.232. The third-order valence-electron chi connectivity index (χ3n) is 0.674. The lowest BCUT2D eigenvalue weighted by atomic mass is 10.6. The minimum atomic E-state index is -1.91. The molecule has 0 aliphatic heterocycles. The van der Waals surface area contributed by atoms with Gasteiger partial charge in [-0.15, -0.1) is 0 Å². The van der Waals surface area contributed by atoms with Crippen LogP contribution in [0, 0.1) is 0 Å². The number of rotatable bonds is 2. The molecule has 0 radical (unpaired) electrons. The Balaban J connectivity index is 3.68. The van der Waals surface area contributed by atoms with Crippen LogP contribution in [-0.4, -0.2) is 35.6 Å². The van der Waals surface area contributed by atoms with Gasteiger partial charge in [0.1, 0.15) is 0 Å². The smallest absolute Gasteiger partial charge is 0.409 e. The molecule has 1 unspecified atom stereocenters. The van der Waals surface area contributed by atoms with E-state index in [0.717, 1.165) is 7.11 Å². The quantitative estimate of drug-likeness (QED) is 0.426. The Morgan fingerprint density at radius 2 is 2.10 bits per heavy atom. The van der Waals surface area contributed by atoms with Gasteiger partial charge in [-0.3, -0.25) is 5.32 Å². The second kappa shape index (κ2) is 3.67. The van der Waals surface area contributed by atoms with Crippen LogP contribution < -0.4 is 5.32 Å². The van der Waals surface area contributed by atoms with Crippen molar-refractivity contribution in [2.45, 2.75) is 6.23 Å². The Bertz CT molecular complexity index is 145. The topological polar surface area (TPSA) is 95.9 Å². The number of amides is 1. The summed E-state index contributed by atoms with van der Waals surface area (Å²) in [6, 6.07) is 0. The zero-order chi connectivity index (χ0) is 8.15. The van der Waals surface area contributed by atoms with Gasteiger partial charge in [0.05, 0.1) is 7.11 Å². The van der Waals surface area contributed by atoms with Crippen LogP contribution in [0.3, 0.4) is 0 Å². The molecule has 58 valence electrons. The molecule has 0 heterocycles. The van der Waals surface area contributed by atoms with E-state index >= 15 is 0 Å². The van der Waals surface area contributed by atoms with Gasteiger partial charge < -0.3 is 14.9 Å².